The highest BCUT2D eigenvalue weighted by molar-refractivity contribution is 5.12. The molecule has 0 bridgehead atoms. The van der Waals surface area contributed by atoms with Crippen LogP contribution in [0.2, 0.25) is 0 Å². The summed E-state index contributed by atoms with van der Waals surface area (Å²) in [5, 5.41) is 0. The van der Waals surface area contributed by atoms with Crippen molar-refractivity contribution in [1.29, 1.82) is 0 Å². The Morgan fingerprint density at radius 2 is 2.13 bits per heavy atom. The van der Waals surface area contributed by atoms with Gasteiger partial charge in [0.2, 0.25) is 0 Å². The molecule has 15 heavy (non-hydrogen) atoms. The molecule has 2 atom stereocenters. The molecule has 1 aromatic heterocycles. The topological polar surface area (TPSA) is 31.6 Å². The maximum atomic E-state index is 5.71. The number of ether oxygens (including phenoxy) is 2. The van der Waals surface area contributed by atoms with Crippen LogP contribution in [0.5, 0.6) is 0 Å². The Bertz CT molecular complexity index is 301. The van der Waals surface area contributed by atoms with Gasteiger partial charge in [0.15, 0.2) is 6.29 Å². The lowest BCUT2D eigenvalue weighted by molar-refractivity contribution is -0.356. The molecule has 2 rings (SSSR count). The quantitative estimate of drug-likeness (QED) is 0.765. The molecule has 1 aliphatic heterocycles. The summed E-state index contributed by atoms with van der Waals surface area (Å²) in [6.07, 6.45) is 3.71. The number of hydrogen-bond donors (Lipinski definition) is 0. The van der Waals surface area contributed by atoms with Crippen LogP contribution in [-0.2, 0) is 9.47 Å². The van der Waals surface area contributed by atoms with E-state index in [-0.39, 0.29) is 17.8 Å². The molecular weight excluding hydrogens is 192 g/mol. The van der Waals surface area contributed by atoms with Gasteiger partial charge in [-0.3, -0.25) is 0 Å². The second-order valence-electron chi connectivity index (χ2n) is 4.04. The van der Waals surface area contributed by atoms with Crippen molar-refractivity contribution in [1.82, 2.24) is 0 Å². The minimum atomic E-state index is -0.0948. The fourth-order valence-electron chi connectivity index (χ4n) is 2.48. The van der Waals surface area contributed by atoms with Crippen LogP contribution in [0.25, 0.3) is 0 Å². The highest BCUT2D eigenvalue weighted by Crippen LogP contribution is 2.56. The van der Waals surface area contributed by atoms with Gasteiger partial charge in [0.1, 0.15) is 11.9 Å². The zero-order valence-corrected chi connectivity index (χ0v) is 9.53. The Kier molecular flexibility index (Phi) is 2.85. The molecule has 0 saturated carbocycles. The van der Waals surface area contributed by atoms with Crippen molar-refractivity contribution in [2.24, 2.45) is 5.41 Å². The smallest absolute Gasteiger partial charge is 0.166 e. The van der Waals surface area contributed by atoms with Gasteiger partial charge in [-0.15, -0.1) is 0 Å². The first kappa shape index (κ1) is 10.7. The van der Waals surface area contributed by atoms with Crippen molar-refractivity contribution in [3.63, 3.8) is 0 Å². The first-order chi connectivity index (χ1) is 7.28. The average molecular weight is 210 g/mol. The third kappa shape index (κ3) is 1.42. The van der Waals surface area contributed by atoms with Crippen molar-refractivity contribution in [3.05, 3.63) is 24.2 Å². The lowest BCUT2D eigenvalue weighted by Crippen LogP contribution is -2.54. The first-order valence-corrected chi connectivity index (χ1v) is 5.50. The van der Waals surface area contributed by atoms with Crippen molar-refractivity contribution in [2.45, 2.75) is 39.1 Å². The molecule has 0 aromatic carbocycles. The van der Waals surface area contributed by atoms with Crippen LogP contribution < -0.4 is 0 Å². The van der Waals surface area contributed by atoms with E-state index in [1.165, 1.54) is 0 Å². The molecule has 2 heterocycles. The van der Waals surface area contributed by atoms with Gasteiger partial charge in [-0.05, 0) is 25.0 Å². The van der Waals surface area contributed by atoms with Gasteiger partial charge >= 0.3 is 0 Å². The van der Waals surface area contributed by atoms with Gasteiger partial charge in [-0.2, -0.15) is 0 Å². The molecule has 2 unspecified atom stereocenters. The Morgan fingerprint density at radius 1 is 1.40 bits per heavy atom. The molecule has 3 heteroatoms. The highest BCUT2D eigenvalue weighted by Gasteiger charge is 2.56. The van der Waals surface area contributed by atoms with E-state index in [0.717, 1.165) is 18.6 Å². The standard InChI is InChI=1S/C12H18O3/c1-4-12(5-2)10(15-11(12)13-3)9-7-6-8-14-9/h6-8,10-11H,4-5H2,1-3H3. The Labute approximate surface area is 90.4 Å². The second kappa shape index (κ2) is 3.99. The molecule has 1 saturated heterocycles. The normalized spacial score (nSPS) is 28.7. The van der Waals surface area contributed by atoms with E-state index in [0.29, 0.717) is 0 Å². The second-order valence-corrected chi connectivity index (χ2v) is 4.04. The molecule has 1 aliphatic rings. The summed E-state index contributed by atoms with van der Waals surface area (Å²) in [6, 6.07) is 3.87. The lowest BCUT2D eigenvalue weighted by atomic mass is 9.71. The summed E-state index contributed by atoms with van der Waals surface area (Å²) in [5.41, 5.74) is 0.0760. The minimum absolute atomic E-state index is 0.0486. The van der Waals surface area contributed by atoms with Crippen LogP contribution in [0, 0.1) is 5.41 Å². The van der Waals surface area contributed by atoms with E-state index >= 15 is 0 Å². The van der Waals surface area contributed by atoms with Crippen molar-refractivity contribution in [3.8, 4) is 0 Å². The Morgan fingerprint density at radius 3 is 2.60 bits per heavy atom. The van der Waals surface area contributed by atoms with Gasteiger partial charge < -0.3 is 13.9 Å². The number of hydrogen-bond acceptors (Lipinski definition) is 3. The first-order valence-electron chi connectivity index (χ1n) is 5.50. The highest BCUT2D eigenvalue weighted by atomic mass is 16.7. The van der Waals surface area contributed by atoms with E-state index in [9.17, 15) is 0 Å². The third-order valence-electron chi connectivity index (χ3n) is 3.58. The van der Waals surface area contributed by atoms with Crippen LogP contribution in [0.15, 0.2) is 22.8 Å². The van der Waals surface area contributed by atoms with Crippen molar-refractivity contribution >= 4 is 0 Å². The van der Waals surface area contributed by atoms with Crippen molar-refractivity contribution in [2.75, 3.05) is 7.11 Å². The number of methoxy groups -OCH3 is 1. The molecule has 0 amide bonds. The summed E-state index contributed by atoms with van der Waals surface area (Å²) in [7, 11) is 1.70. The SMILES string of the molecule is CCC1(CC)C(OC)OC1c1ccco1. The Hall–Kier alpha value is -0.800. The van der Waals surface area contributed by atoms with E-state index in [4.69, 9.17) is 13.9 Å². The van der Waals surface area contributed by atoms with Gasteiger partial charge in [-0.1, -0.05) is 13.8 Å². The van der Waals surface area contributed by atoms with Crippen LogP contribution in [0.3, 0.4) is 0 Å². The third-order valence-corrected chi connectivity index (χ3v) is 3.58. The number of rotatable bonds is 4. The summed E-state index contributed by atoms with van der Waals surface area (Å²) < 4.78 is 16.5. The predicted molar refractivity (Wildman–Crippen MR) is 56.3 cm³/mol. The number of furan rings is 1. The monoisotopic (exact) mass is 210 g/mol. The van der Waals surface area contributed by atoms with Crippen LogP contribution in [-0.4, -0.2) is 13.4 Å². The fraction of sp³-hybridized carbons (Fsp3) is 0.667. The maximum absolute atomic E-state index is 5.71. The van der Waals surface area contributed by atoms with Crippen LogP contribution in [0.1, 0.15) is 38.6 Å². The van der Waals surface area contributed by atoms with Crippen LogP contribution >= 0.6 is 0 Å². The lowest BCUT2D eigenvalue weighted by Gasteiger charge is -2.53. The summed E-state index contributed by atoms with van der Waals surface area (Å²) in [5.74, 6) is 0.909. The van der Waals surface area contributed by atoms with Gasteiger partial charge in [0.25, 0.3) is 0 Å². The maximum Gasteiger partial charge on any atom is 0.166 e. The molecule has 84 valence electrons. The van der Waals surface area contributed by atoms with E-state index < -0.39 is 0 Å². The van der Waals surface area contributed by atoms with E-state index in [2.05, 4.69) is 13.8 Å². The predicted octanol–water partition coefficient (Wildman–Crippen LogP) is 3.13. The van der Waals surface area contributed by atoms with Gasteiger partial charge in [-0.25, -0.2) is 0 Å². The van der Waals surface area contributed by atoms with E-state index in [1.54, 1.807) is 13.4 Å². The summed E-state index contributed by atoms with van der Waals surface area (Å²) in [6.45, 7) is 4.35. The molecular formula is C12H18O3. The zero-order valence-electron chi connectivity index (χ0n) is 9.53. The Balaban J connectivity index is 2.22. The molecule has 1 aromatic rings. The average Bonchev–Trinajstić information content (AvgIpc) is 2.72. The molecule has 0 N–H and O–H groups in total. The summed E-state index contributed by atoms with van der Waals surface area (Å²) >= 11 is 0. The molecule has 0 aliphatic carbocycles. The van der Waals surface area contributed by atoms with Crippen LogP contribution in [0.4, 0.5) is 0 Å². The molecule has 1 fully saturated rings. The minimum Gasteiger partial charge on any atom is -0.467 e. The van der Waals surface area contributed by atoms with Crippen molar-refractivity contribution < 1.29 is 13.9 Å². The van der Waals surface area contributed by atoms with E-state index in [1.807, 2.05) is 12.1 Å². The largest absolute Gasteiger partial charge is 0.467 e. The summed E-state index contributed by atoms with van der Waals surface area (Å²) in [4.78, 5) is 0. The fourth-order valence-corrected chi connectivity index (χ4v) is 2.48. The van der Waals surface area contributed by atoms with Gasteiger partial charge in [0, 0.05) is 7.11 Å². The molecule has 3 nitrogen and oxygen atoms in total. The molecule has 0 spiro atoms. The molecule has 0 radical (unpaired) electrons. The van der Waals surface area contributed by atoms with Gasteiger partial charge in [0.05, 0.1) is 11.7 Å². The zero-order chi connectivity index (χ0) is 10.9.